The number of hydrogen-bond donors (Lipinski definition) is 1. The molecule has 19 heavy (non-hydrogen) atoms. The van der Waals surface area contributed by atoms with Crippen molar-refractivity contribution < 1.29 is 4.39 Å². The number of benzene rings is 2. The summed E-state index contributed by atoms with van der Waals surface area (Å²) in [7, 11) is 0. The Labute approximate surface area is 122 Å². The van der Waals surface area contributed by atoms with Crippen molar-refractivity contribution in [3.05, 3.63) is 63.4 Å². The first-order valence-electron chi connectivity index (χ1n) is 6.26. The van der Waals surface area contributed by atoms with Crippen LogP contribution in [-0.4, -0.2) is 0 Å². The number of hydrogen-bond acceptors (Lipinski definition) is 1. The van der Waals surface area contributed by atoms with Crippen molar-refractivity contribution in [3.63, 3.8) is 0 Å². The predicted molar refractivity (Wildman–Crippen MR) is 82.1 cm³/mol. The number of anilines is 1. The van der Waals surface area contributed by atoms with E-state index in [4.69, 9.17) is 0 Å². The Morgan fingerprint density at radius 3 is 2.47 bits per heavy atom. The second-order valence-corrected chi connectivity index (χ2v) is 5.71. The lowest BCUT2D eigenvalue weighted by atomic mass is 10.1. The van der Waals surface area contributed by atoms with Crippen molar-refractivity contribution in [1.82, 2.24) is 0 Å². The van der Waals surface area contributed by atoms with Crippen LogP contribution in [0.4, 0.5) is 10.1 Å². The molecule has 0 aliphatic heterocycles. The summed E-state index contributed by atoms with van der Waals surface area (Å²) < 4.78 is 13.7. The maximum Gasteiger partial charge on any atom is 0.137 e. The van der Waals surface area contributed by atoms with Gasteiger partial charge in [-0.3, -0.25) is 0 Å². The summed E-state index contributed by atoms with van der Waals surface area (Å²) in [5.41, 5.74) is 4.63. The van der Waals surface area contributed by atoms with Gasteiger partial charge in [0.05, 0.1) is 4.47 Å². The molecule has 0 aliphatic carbocycles. The van der Waals surface area contributed by atoms with E-state index in [1.54, 1.807) is 6.07 Å². The van der Waals surface area contributed by atoms with Crippen molar-refractivity contribution >= 4 is 21.6 Å². The molecule has 0 amide bonds. The van der Waals surface area contributed by atoms with E-state index in [0.29, 0.717) is 4.47 Å². The molecule has 0 heterocycles. The molecule has 0 radical (unpaired) electrons. The van der Waals surface area contributed by atoms with Crippen LogP contribution in [0.5, 0.6) is 0 Å². The van der Waals surface area contributed by atoms with E-state index in [2.05, 4.69) is 60.2 Å². The first kappa shape index (κ1) is 14.1. The Morgan fingerprint density at radius 2 is 1.84 bits per heavy atom. The van der Waals surface area contributed by atoms with Gasteiger partial charge >= 0.3 is 0 Å². The van der Waals surface area contributed by atoms with Crippen LogP contribution in [0.2, 0.25) is 0 Å². The molecule has 1 N–H and O–H groups in total. The summed E-state index contributed by atoms with van der Waals surface area (Å²) in [5.74, 6) is -0.234. The van der Waals surface area contributed by atoms with Gasteiger partial charge in [-0.1, -0.05) is 23.8 Å². The zero-order valence-electron chi connectivity index (χ0n) is 11.3. The lowest BCUT2D eigenvalue weighted by molar-refractivity contribution is 0.619. The zero-order valence-corrected chi connectivity index (χ0v) is 12.9. The van der Waals surface area contributed by atoms with E-state index in [-0.39, 0.29) is 11.9 Å². The number of nitrogens with one attached hydrogen (secondary N) is 1. The van der Waals surface area contributed by atoms with Crippen molar-refractivity contribution in [2.24, 2.45) is 0 Å². The zero-order chi connectivity index (χ0) is 14.0. The molecule has 2 aromatic carbocycles. The van der Waals surface area contributed by atoms with E-state index in [1.807, 2.05) is 6.07 Å². The quantitative estimate of drug-likeness (QED) is 0.800. The molecule has 0 saturated carbocycles. The first-order valence-corrected chi connectivity index (χ1v) is 7.05. The minimum Gasteiger partial charge on any atom is -0.378 e. The highest BCUT2D eigenvalue weighted by atomic mass is 79.9. The highest BCUT2D eigenvalue weighted by molar-refractivity contribution is 9.10. The Balaban J connectivity index is 2.20. The van der Waals surface area contributed by atoms with Crippen LogP contribution in [-0.2, 0) is 0 Å². The summed E-state index contributed by atoms with van der Waals surface area (Å²) >= 11 is 3.22. The van der Waals surface area contributed by atoms with Crippen LogP contribution in [0, 0.1) is 19.7 Å². The molecule has 100 valence electrons. The molecular formula is C16H17BrFN. The molecular weight excluding hydrogens is 305 g/mol. The van der Waals surface area contributed by atoms with Gasteiger partial charge in [0.2, 0.25) is 0 Å². The second-order valence-electron chi connectivity index (χ2n) is 4.86. The summed E-state index contributed by atoms with van der Waals surface area (Å²) in [5, 5.41) is 3.46. The molecule has 0 aromatic heterocycles. The molecule has 0 saturated heterocycles. The van der Waals surface area contributed by atoms with Gasteiger partial charge in [-0.2, -0.15) is 0 Å². The van der Waals surface area contributed by atoms with Crippen LogP contribution < -0.4 is 5.32 Å². The Bertz CT molecular complexity index is 595. The monoisotopic (exact) mass is 321 g/mol. The summed E-state index contributed by atoms with van der Waals surface area (Å²) in [6, 6.07) is 11.5. The summed E-state index contributed by atoms with van der Waals surface area (Å²) in [4.78, 5) is 0. The third-order valence-corrected chi connectivity index (χ3v) is 3.81. The standard InChI is InChI=1S/C16H17BrFN/c1-10-4-7-16(11(2)8-10)19-12(3)13-5-6-15(18)14(17)9-13/h4-9,12,19H,1-3H3. The summed E-state index contributed by atoms with van der Waals surface area (Å²) in [6.45, 7) is 6.24. The van der Waals surface area contributed by atoms with Crippen LogP contribution in [0.25, 0.3) is 0 Å². The van der Waals surface area contributed by atoms with Crippen molar-refractivity contribution in [1.29, 1.82) is 0 Å². The molecule has 1 nitrogen and oxygen atoms in total. The molecule has 1 atom stereocenters. The third kappa shape index (κ3) is 3.35. The maximum atomic E-state index is 13.2. The van der Waals surface area contributed by atoms with Gasteiger partial charge in [0, 0.05) is 11.7 Å². The average Bonchev–Trinajstić information content (AvgIpc) is 2.36. The smallest absolute Gasteiger partial charge is 0.137 e. The lowest BCUT2D eigenvalue weighted by Gasteiger charge is -2.18. The van der Waals surface area contributed by atoms with Gasteiger partial charge in [0.1, 0.15) is 5.82 Å². The fourth-order valence-electron chi connectivity index (χ4n) is 2.07. The van der Waals surface area contributed by atoms with Gasteiger partial charge in [-0.15, -0.1) is 0 Å². The molecule has 0 fully saturated rings. The van der Waals surface area contributed by atoms with Crippen LogP contribution >= 0.6 is 15.9 Å². The number of aryl methyl sites for hydroxylation is 2. The average molecular weight is 322 g/mol. The van der Waals surface area contributed by atoms with E-state index < -0.39 is 0 Å². The fraction of sp³-hybridized carbons (Fsp3) is 0.250. The van der Waals surface area contributed by atoms with Crippen LogP contribution in [0.1, 0.15) is 29.7 Å². The van der Waals surface area contributed by atoms with Crippen molar-refractivity contribution in [2.45, 2.75) is 26.8 Å². The van der Waals surface area contributed by atoms with E-state index >= 15 is 0 Å². The molecule has 3 heteroatoms. The number of rotatable bonds is 3. The van der Waals surface area contributed by atoms with Crippen molar-refractivity contribution in [3.8, 4) is 0 Å². The summed E-state index contributed by atoms with van der Waals surface area (Å²) in [6.07, 6.45) is 0. The molecule has 2 rings (SSSR count). The largest absolute Gasteiger partial charge is 0.378 e. The second kappa shape index (κ2) is 5.74. The molecule has 0 spiro atoms. The van der Waals surface area contributed by atoms with Gasteiger partial charge < -0.3 is 5.32 Å². The maximum absolute atomic E-state index is 13.2. The van der Waals surface area contributed by atoms with E-state index in [0.717, 1.165) is 11.3 Å². The minimum atomic E-state index is -0.234. The minimum absolute atomic E-state index is 0.123. The van der Waals surface area contributed by atoms with Gasteiger partial charge in [-0.05, 0) is 66.0 Å². The van der Waals surface area contributed by atoms with Gasteiger partial charge in [-0.25, -0.2) is 4.39 Å². The van der Waals surface area contributed by atoms with E-state index in [9.17, 15) is 4.39 Å². The van der Waals surface area contributed by atoms with Crippen LogP contribution in [0.3, 0.4) is 0 Å². The molecule has 0 aliphatic rings. The van der Waals surface area contributed by atoms with Gasteiger partial charge in [0.25, 0.3) is 0 Å². The predicted octanol–water partition coefficient (Wildman–Crippen LogP) is 5.38. The van der Waals surface area contributed by atoms with Crippen LogP contribution in [0.15, 0.2) is 40.9 Å². The Morgan fingerprint density at radius 1 is 1.11 bits per heavy atom. The lowest BCUT2D eigenvalue weighted by Crippen LogP contribution is -2.08. The Kier molecular flexibility index (Phi) is 4.25. The Hall–Kier alpha value is -1.35. The highest BCUT2D eigenvalue weighted by Gasteiger charge is 2.09. The fourth-order valence-corrected chi connectivity index (χ4v) is 2.47. The normalized spacial score (nSPS) is 12.3. The van der Waals surface area contributed by atoms with Gasteiger partial charge in [0.15, 0.2) is 0 Å². The molecule has 0 bridgehead atoms. The topological polar surface area (TPSA) is 12.0 Å². The SMILES string of the molecule is Cc1ccc(NC(C)c2ccc(F)c(Br)c2)c(C)c1. The highest BCUT2D eigenvalue weighted by Crippen LogP contribution is 2.25. The van der Waals surface area contributed by atoms with Crippen molar-refractivity contribution in [2.75, 3.05) is 5.32 Å². The molecule has 1 unspecified atom stereocenters. The van der Waals surface area contributed by atoms with E-state index in [1.165, 1.54) is 17.2 Å². The molecule has 2 aromatic rings. The first-order chi connectivity index (χ1) is 8.97. The third-order valence-electron chi connectivity index (χ3n) is 3.20. The number of halogens is 2.